The Bertz CT molecular complexity index is 413. The number of piperidine rings is 1. The van der Waals surface area contributed by atoms with Crippen molar-refractivity contribution >= 4 is 5.78 Å². The molecule has 3 heterocycles. The first-order valence-electron chi connectivity index (χ1n) is 5.15. The Kier molecular flexibility index (Phi) is 1.83. The van der Waals surface area contributed by atoms with Gasteiger partial charge in [0, 0.05) is 37.5 Å². The molecular formula is C10H13N3O2. The first-order valence-corrected chi connectivity index (χ1v) is 5.15. The zero-order chi connectivity index (χ0) is 10.4. The highest BCUT2D eigenvalue weighted by atomic mass is 16.3. The normalized spacial score (nSPS) is 29.7. The van der Waals surface area contributed by atoms with Crippen LogP contribution in [0.25, 0.3) is 0 Å². The van der Waals surface area contributed by atoms with Gasteiger partial charge in [0.05, 0.1) is 0 Å². The molecule has 0 aromatic carbocycles. The molecule has 1 aromatic heterocycles. The smallest absolute Gasteiger partial charge is 0.154 e. The minimum atomic E-state index is -0.155. The average Bonchev–Trinajstić information content (AvgIpc) is 2.59. The van der Waals surface area contributed by atoms with E-state index in [-0.39, 0.29) is 23.7 Å². The van der Waals surface area contributed by atoms with Gasteiger partial charge >= 0.3 is 0 Å². The van der Waals surface area contributed by atoms with E-state index in [9.17, 15) is 9.90 Å². The molecule has 5 nitrogen and oxygen atoms in total. The Labute approximate surface area is 87.1 Å². The third-order valence-electron chi connectivity index (χ3n) is 3.11. The van der Waals surface area contributed by atoms with Gasteiger partial charge in [-0.15, -0.1) is 0 Å². The molecule has 3 rings (SSSR count). The summed E-state index contributed by atoms with van der Waals surface area (Å²) in [6, 6.07) is 1.57. The zero-order valence-electron chi connectivity index (χ0n) is 8.23. The van der Waals surface area contributed by atoms with E-state index in [2.05, 4.69) is 10.6 Å². The number of nitrogens with zero attached hydrogens (tertiary/aromatic N) is 1. The molecule has 0 aliphatic carbocycles. The number of hydrogen-bond donors (Lipinski definition) is 3. The second-order valence-corrected chi connectivity index (χ2v) is 4.07. The van der Waals surface area contributed by atoms with E-state index in [1.165, 1.54) is 0 Å². The average molecular weight is 207 g/mol. The standard InChI is InChI=1S/C10H13N3O2/c14-7-3-6-4-12-9-8(15)1-2-11-10(9)13(6)5-7/h3,5,9-12,14H,1-2,4H2. The lowest BCUT2D eigenvalue weighted by Gasteiger charge is -2.37. The number of carbonyl (C=O) groups excluding carboxylic acids is 1. The van der Waals surface area contributed by atoms with Gasteiger partial charge in [0.1, 0.15) is 18.0 Å². The molecule has 2 aliphatic rings. The number of carbonyl (C=O) groups is 1. The van der Waals surface area contributed by atoms with E-state index < -0.39 is 0 Å². The summed E-state index contributed by atoms with van der Waals surface area (Å²) in [5.41, 5.74) is 1.01. The van der Waals surface area contributed by atoms with Crippen molar-refractivity contribution < 1.29 is 9.90 Å². The number of aromatic nitrogens is 1. The molecule has 3 N–H and O–H groups in total. The second-order valence-electron chi connectivity index (χ2n) is 4.07. The summed E-state index contributed by atoms with van der Waals surface area (Å²) in [5.74, 6) is 0.505. The molecule has 2 aliphatic heterocycles. The lowest BCUT2D eigenvalue weighted by Crippen LogP contribution is -2.56. The second kappa shape index (κ2) is 3.08. The Morgan fingerprint density at radius 3 is 3.20 bits per heavy atom. The number of nitrogens with one attached hydrogen (secondary N) is 2. The minimum absolute atomic E-state index is 0.0455. The van der Waals surface area contributed by atoms with Crippen LogP contribution in [0.4, 0.5) is 0 Å². The lowest BCUT2D eigenvalue weighted by molar-refractivity contribution is -0.124. The summed E-state index contributed by atoms with van der Waals surface area (Å²) >= 11 is 0. The Morgan fingerprint density at radius 1 is 1.47 bits per heavy atom. The van der Waals surface area contributed by atoms with Crippen LogP contribution in [-0.2, 0) is 11.3 Å². The van der Waals surface area contributed by atoms with Gasteiger partial charge in [-0.3, -0.25) is 15.4 Å². The SMILES string of the molecule is O=C1CCNC2C1NCc1cc(O)cn12. The van der Waals surface area contributed by atoms with Crippen LogP contribution in [0.1, 0.15) is 18.3 Å². The Morgan fingerprint density at radius 2 is 2.33 bits per heavy atom. The fourth-order valence-electron chi connectivity index (χ4n) is 2.40. The first kappa shape index (κ1) is 8.94. The molecular weight excluding hydrogens is 194 g/mol. The van der Waals surface area contributed by atoms with Gasteiger partial charge in [-0.05, 0) is 0 Å². The van der Waals surface area contributed by atoms with Gasteiger partial charge in [0.15, 0.2) is 5.78 Å². The van der Waals surface area contributed by atoms with Crippen LogP contribution in [-0.4, -0.2) is 28.0 Å². The van der Waals surface area contributed by atoms with E-state index in [0.717, 1.165) is 5.69 Å². The predicted octanol–water partition coefficient (Wildman–Crippen LogP) is -0.273. The van der Waals surface area contributed by atoms with Crippen LogP contribution in [0.5, 0.6) is 5.75 Å². The lowest BCUT2D eigenvalue weighted by atomic mass is 10.0. The highest BCUT2D eigenvalue weighted by Gasteiger charge is 2.36. The third-order valence-corrected chi connectivity index (χ3v) is 3.11. The minimum Gasteiger partial charge on any atom is -0.506 e. The highest BCUT2D eigenvalue weighted by Crippen LogP contribution is 2.26. The Balaban J connectivity index is 2.01. The van der Waals surface area contributed by atoms with E-state index in [0.29, 0.717) is 19.5 Å². The number of hydrogen-bond acceptors (Lipinski definition) is 4. The van der Waals surface area contributed by atoms with Crippen LogP contribution in [0.15, 0.2) is 12.3 Å². The number of aromatic hydroxyl groups is 1. The van der Waals surface area contributed by atoms with Crippen LogP contribution >= 0.6 is 0 Å². The van der Waals surface area contributed by atoms with Crippen LogP contribution in [0, 0.1) is 0 Å². The molecule has 0 bridgehead atoms. The van der Waals surface area contributed by atoms with Crippen molar-refractivity contribution in [3.05, 3.63) is 18.0 Å². The fraction of sp³-hybridized carbons (Fsp3) is 0.500. The van der Waals surface area contributed by atoms with E-state index in [1.807, 2.05) is 4.57 Å². The largest absolute Gasteiger partial charge is 0.506 e. The highest BCUT2D eigenvalue weighted by molar-refractivity contribution is 5.85. The first-order chi connectivity index (χ1) is 7.25. The van der Waals surface area contributed by atoms with Gasteiger partial charge < -0.3 is 9.67 Å². The molecule has 80 valence electrons. The summed E-state index contributed by atoms with van der Waals surface area (Å²) in [6.45, 7) is 1.34. The number of fused-ring (bicyclic) bond motifs is 3. The maximum Gasteiger partial charge on any atom is 0.154 e. The van der Waals surface area contributed by atoms with Crippen LogP contribution in [0.2, 0.25) is 0 Å². The van der Waals surface area contributed by atoms with Crippen molar-refractivity contribution in [2.75, 3.05) is 6.54 Å². The number of Topliss-reactive ketones (excluding diaryl/α,β-unsaturated/α-hetero) is 1. The molecule has 0 amide bonds. The monoisotopic (exact) mass is 207 g/mol. The van der Waals surface area contributed by atoms with E-state index in [1.54, 1.807) is 12.3 Å². The summed E-state index contributed by atoms with van der Waals surface area (Å²) in [4.78, 5) is 11.7. The third kappa shape index (κ3) is 1.27. The van der Waals surface area contributed by atoms with Crippen molar-refractivity contribution in [3.8, 4) is 5.75 Å². The zero-order valence-corrected chi connectivity index (χ0v) is 8.23. The van der Waals surface area contributed by atoms with Crippen molar-refractivity contribution in [1.29, 1.82) is 0 Å². The topological polar surface area (TPSA) is 66.3 Å². The van der Waals surface area contributed by atoms with Crippen molar-refractivity contribution in [1.82, 2.24) is 15.2 Å². The van der Waals surface area contributed by atoms with Gasteiger partial charge in [-0.25, -0.2) is 0 Å². The number of rotatable bonds is 0. The molecule has 0 spiro atoms. The molecule has 5 heteroatoms. The maximum absolute atomic E-state index is 11.7. The molecule has 15 heavy (non-hydrogen) atoms. The van der Waals surface area contributed by atoms with Crippen molar-refractivity contribution in [2.45, 2.75) is 25.2 Å². The summed E-state index contributed by atoms with van der Waals surface area (Å²) < 4.78 is 1.95. The van der Waals surface area contributed by atoms with Gasteiger partial charge in [0.2, 0.25) is 0 Å². The van der Waals surface area contributed by atoms with Crippen molar-refractivity contribution in [3.63, 3.8) is 0 Å². The van der Waals surface area contributed by atoms with Gasteiger partial charge in [-0.2, -0.15) is 0 Å². The fourth-order valence-corrected chi connectivity index (χ4v) is 2.40. The molecule has 1 aromatic rings. The molecule has 1 fully saturated rings. The van der Waals surface area contributed by atoms with Crippen molar-refractivity contribution in [2.24, 2.45) is 0 Å². The van der Waals surface area contributed by atoms with E-state index >= 15 is 0 Å². The van der Waals surface area contributed by atoms with Gasteiger partial charge in [-0.1, -0.05) is 0 Å². The van der Waals surface area contributed by atoms with Gasteiger partial charge in [0.25, 0.3) is 0 Å². The quantitative estimate of drug-likeness (QED) is 0.547. The van der Waals surface area contributed by atoms with E-state index in [4.69, 9.17) is 0 Å². The molecule has 0 radical (unpaired) electrons. The summed E-state index contributed by atoms with van der Waals surface area (Å²) in [6.07, 6.45) is 2.21. The molecule has 1 saturated heterocycles. The van der Waals surface area contributed by atoms with Crippen LogP contribution in [0.3, 0.4) is 0 Å². The van der Waals surface area contributed by atoms with Crippen LogP contribution < -0.4 is 10.6 Å². The molecule has 2 atom stereocenters. The molecule has 0 saturated carbocycles. The summed E-state index contributed by atoms with van der Waals surface area (Å²) in [7, 11) is 0. The predicted molar refractivity (Wildman–Crippen MR) is 53.4 cm³/mol. The number of ketones is 1. The summed E-state index contributed by atoms with van der Waals surface area (Å²) in [5, 5.41) is 15.9. The maximum atomic E-state index is 11.7. The Hall–Kier alpha value is -1.33. The molecule has 2 unspecified atom stereocenters.